The van der Waals surface area contributed by atoms with E-state index in [4.69, 9.17) is 18.7 Å². The molecule has 0 N–H and O–H groups in total. The van der Waals surface area contributed by atoms with Crippen molar-refractivity contribution in [3.63, 3.8) is 0 Å². The van der Waals surface area contributed by atoms with Gasteiger partial charge in [0, 0.05) is 18.1 Å². The van der Waals surface area contributed by atoms with Gasteiger partial charge in [0.05, 0.1) is 6.42 Å². The Morgan fingerprint density at radius 2 is 1.92 bits per heavy atom. The molecule has 0 saturated heterocycles. The van der Waals surface area contributed by atoms with Gasteiger partial charge >= 0.3 is 5.97 Å². The molecule has 0 aliphatic carbocycles. The zero-order valence-electron chi connectivity index (χ0n) is 13.5. The summed E-state index contributed by atoms with van der Waals surface area (Å²) in [5.41, 5.74) is 0.629. The number of carbonyl (C=O) groups is 1. The molecule has 0 atom stereocenters. The first-order chi connectivity index (χ1) is 12.7. The van der Waals surface area contributed by atoms with Crippen molar-refractivity contribution in [2.75, 3.05) is 6.79 Å². The third kappa shape index (κ3) is 3.49. The molecule has 0 amide bonds. The van der Waals surface area contributed by atoms with E-state index in [1.165, 1.54) is 12.1 Å². The van der Waals surface area contributed by atoms with Crippen molar-refractivity contribution in [1.82, 2.24) is 10.1 Å². The first kappa shape index (κ1) is 16.1. The average Bonchev–Trinajstić information content (AvgIpc) is 3.29. The minimum Gasteiger partial charge on any atom is -0.454 e. The first-order valence-corrected chi connectivity index (χ1v) is 7.86. The molecule has 1 aliphatic heterocycles. The second kappa shape index (κ2) is 6.83. The van der Waals surface area contributed by atoms with E-state index < -0.39 is 5.97 Å². The van der Waals surface area contributed by atoms with Crippen LogP contribution in [0.25, 0.3) is 11.4 Å². The third-order valence-corrected chi connectivity index (χ3v) is 3.69. The number of rotatable bonds is 5. The van der Waals surface area contributed by atoms with Crippen LogP contribution in [-0.2, 0) is 11.2 Å². The number of carbonyl (C=O) groups excluding carboxylic acids is 1. The van der Waals surface area contributed by atoms with Crippen LogP contribution in [-0.4, -0.2) is 22.9 Å². The molecule has 0 saturated carbocycles. The summed E-state index contributed by atoms with van der Waals surface area (Å²) in [5, 5.41) is 3.83. The minimum atomic E-state index is -0.439. The van der Waals surface area contributed by atoms with Crippen molar-refractivity contribution in [3.8, 4) is 28.6 Å². The molecule has 3 aromatic rings. The number of halogens is 1. The number of nitrogens with zero attached hydrogens (tertiary/aromatic N) is 2. The summed E-state index contributed by atoms with van der Waals surface area (Å²) in [7, 11) is 0. The van der Waals surface area contributed by atoms with Crippen LogP contribution in [0.5, 0.6) is 17.2 Å². The molecular weight excluding hydrogens is 343 g/mol. The van der Waals surface area contributed by atoms with Gasteiger partial charge in [-0.15, -0.1) is 0 Å². The van der Waals surface area contributed by atoms with E-state index in [9.17, 15) is 9.18 Å². The molecule has 7 nitrogen and oxygen atoms in total. The van der Waals surface area contributed by atoms with E-state index >= 15 is 0 Å². The van der Waals surface area contributed by atoms with Gasteiger partial charge in [0.1, 0.15) is 11.6 Å². The minimum absolute atomic E-state index is 0.0689. The highest BCUT2D eigenvalue weighted by molar-refractivity contribution is 5.73. The molecule has 132 valence electrons. The quantitative estimate of drug-likeness (QED) is 0.513. The Hall–Kier alpha value is -3.42. The van der Waals surface area contributed by atoms with E-state index in [0.29, 0.717) is 34.5 Å². The lowest BCUT2D eigenvalue weighted by Gasteiger charge is -2.04. The number of benzene rings is 2. The largest absolute Gasteiger partial charge is 0.454 e. The number of fused-ring (bicyclic) bond motifs is 1. The van der Waals surface area contributed by atoms with Crippen LogP contribution < -0.4 is 14.2 Å². The molecule has 0 radical (unpaired) electrons. The summed E-state index contributed by atoms with van der Waals surface area (Å²) in [4.78, 5) is 16.2. The predicted molar refractivity (Wildman–Crippen MR) is 86.2 cm³/mol. The van der Waals surface area contributed by atoms with Crippen LogP contribution in [0.2, 0.25) is 0 Å². The molecule has 4 rings (SSSR count). The molecular formula is C18H13FN2O5. The van der Waals surface area contributed by atoms with Gasteiger partial charge in [0.2, 0.25) is 18.5 Å². The SMILES string of the molecule is O=C(CCc1nc(-c2ccc(F)cc2)no1)Oc1ccc2c(c1)OCO2. The molecule has 2 heterocycles. The van der Waals surface area contributed by atoms with Gasteiger partial charge in [0.25, 0.3) is 0 Å². The van der Waals surface area contributed by atoms with E-state index in [1.807, 2.05) is 0 Å². The van der Waals surface area contributed by atoms with Crippen molar-refractivity contribution in [3.05, 3.63) is 54.2 Å². The van der Waals surface area contributed by atoms with Crippen molar-refractivity contribution in [2.24, 2.45) is 0 Å². The summed E-state index contributed by atoms with van der Waals surface area (Å²) >= 11 is 0. The van der Waals surface area contributed by atoms with Gasteiger partial charge in [-0.25, -0.2) is 4.39 Å². The molecule has 2 aromatic carbocycles. The first-order valence-electron chi connectivity index (χ1n) is 7.86. The van der Waals surface area contributed by atoms with Gasteiger partial charge in [-0.3, -0.25) is 4.79 Å². The number of hydrogen-bond donors (Lipinski definition) is 0. The lowest BCUT2D eigenvalue weighted by Crippen LogP contribution is -2.09. The highest BCUT2D eigenvalue weighted by Gasteiger charge is 2.16. The Kier molecular flexibility index (Phi) is 4.22. The highest BCUT2D eigenvalue weighted by Crippen LogP contribution is 2.35. The van der Waals surface area contributed by atoms with Crippen LogP contribution in [0.3, 0.4) is 0 Å². The predicted octanol–water partition coefficient (Wildman–Crippen LogP) is 3.14. The zero-order valence-corrected chi connectivity index (χ0v) is 13.5. The van der Waals surface area contributed by atoms with Crippen LogP contribution in [0.1, 0.15) is 12.3 Å². The standard InChI is InChI=1S/C18H13FN2O5/c19-12-3-1-11(2-4-12)18-20-16(26-21-18)7-8-17(22)25-13-5-6-14-15(9-13)24-10-23-14/h1-6,9H,7-8,10H2. The van der Waals surface area contributed by atoms with Gasteiger partial charge < -0.3 is 18.7 Å². The Morgan fingerprint density at radius 1 is 1.12 bits per heavy atom. The van der Waals surface area contributed by atoms with Crippen LogP contribution in [0.4, 0.5) is 4.39 Å². The summed E-state index contributed by atoms with van der Waals surface area (Å²) in [6, 6.07) is 10.6. The van der Waals surface area contributed by atoms with Crippen molar-refractivity contribution in [2.45, 2.75) is 12.8 Å². The van der Waals surface area contributed by atoms with Crippen LogP contribution in [0.15, 0.2) is 47.0 Å². The summed E-state index contributed by atoms with van der Waals surface area (Å²) in [6.45, 7) is 0.153. The smallest absolute Gasteiger partial charge is 0.311 e. The van der Waals surface area contributed by atoms with Crippen molar-refractivity contribution in [1.29, 1.82) is 0 Å². The topological polar surface area (TPSA) is 83.7 Å². The Balaban J connectivity index is 1.34. The second-order valence-electron chi connectivity index (χ2n) is 5.51. The van der Waals surface area contributed by atoms with E-state index in [-0.39, 0.29) is 25.5 Å². The molecule has 0 unspecified atom stereocenters. The highest BCUT2D eigenvalue weighted by atomic mass is 19.1. The molecule has 26 heavy (non-hydrogen) atoms. The van der Waals surface area contributed by atoms with Crippen LogP contribution in [0, 0.1) is 5.82 Å². The lowest BCUT2D eigenvalue weighted by atomic mass is 10.2. The zero-order chi connectivity index (χ0) is 17.9. The fourth-order valence-electron chi connectivity index (χ4n) is 2.40. The maximum Gasteiger partial charge on any atom is 0.311 e. The van der Waals surface area contributed by atoms with Crippen molar-refractivity contribution >= 4 is 5.97 Å². The van der Waals surface area contributed by atoms with Gasteiger partial charge in [-0.2, -0.15) is 4.98 Å². The molecule has 0 bridgehead atoms. The number of aryl methyl sites for hydroxylation is 1. The summed E-state index contributed by atoms with van der Waals surface area (Å²) < 4.78 is 33.7. The van der Waals surface area contributed by atoms with Gasteiger partial charge in [-0.05, 0) is 36.4 Å². The summed E-state index contributed by atoms with van der Waals surface area (Å²) in [6.07, 6.45) is 0.303. The maximum absolute atomic E-state index is 12.9. The third-order valence-electron chi connectivity index (χ3n) is 3.69. The number of aromatic nitrogens is 2. The van der Waals surface area contributed by atoms with Crippen molar-refractivity contribution < 1.29 is 27.9 Å². The monoisotopic (exact) mass is 356 g/mol. The second-order valence-corrected chi connectivity index (χ2v) is 5.51. The van der Waals surface area contributed by atoms with Gasteiger partial charge in [-0.1, -0.05) is 5.16 Å². The molecule has 0 spiro atoms. The normalized spacial score (nSPS) is 12.2. The number of ether oxygens (including phenoxy) is 3. The average molecular weight is 356 g/mol. The van der Waals surface area contributed by atoms with Gasteiger partial charge in [0.15, 0.2) is 11.5 Å². The molecule has 1 aromatic heterocycles. The molecule has 0 fully saturated rings. The number of esters is 1. The summed E-state index contributed by atoms with van der Waals surface area (Å²) in [5.74, 6) is 1.38. The Morgan fingerprint density at radius 3 is 2.77 bits per heavy atom. The van der Waals surface area contributed by atoms with Crippen LogP contribution >= 0.6 is 0 Å². The fraction of sp³-hybridized carbons (Fsp3) is 0.167. The number of hydrogen-bond acceptors (Lipinski definition) is 7. The Bertz CT molecular complexity index is 939. The van der Waals surface area contributed by atoms with E-state index in [0.717, 1.165) is 0 Å². The maximum atomic E-state index is 12.9. The van der Waals surface area contributed by atoms with E-state index in [1.54, 1.807) is 30.3 Å². The van der Waals surface area contributed by atoms with E-state index in [2.05, 4.69) is 10.1 Å². The Labute approximate surface area is 147 Å². The lowest BCUT2D eigenvalue weighted by molar-refractivity contribution is -0.134. The molecule has 8 heteroatoms. The fourth-order valence-corrected chi connectivity index (χ4v) is 2.40. The molecule has 1 aliphatic rings.